The summed E-state index contributed by atoms with van der Waals surface area (Å²) in [6.45, 7) is 4.50. The molecule has 0 N–H and O–H groups in total. The van der Waals surface area contributed by atoms with Crippen LogP contribution in [0.5, 0.6) is 0 Å². The number of hydrogen-bond donors (Lipinski definition) is 0. The Balaban J connectivity index is 0. The van der Waals surface area contributed by atoms with Crippen LogP contribution in [-0.2, 0) is 24.1 Å². The largest absolute Gasteiger partial charge is 2.00 e. The van der Waals surface area contributed by atoms with Gasteiger partial charge < -0.3 is 0 Å². The third-order valence-electron chi connectivity index (χ3n) is 3.69. The van der Waals surface area contributed by atoms with Crippen molar-refractivity contribution in [2.24, 2.45) is 0 Å². The normalized spacial score (nSPS) is 10.0. The Morgan fingerprint density at radius 1 is 0.481 bits per heavy atom. The van der Waals surface area contributed by atoms with Gasteiger partial charge in [0.25, 0.3) is 0 Å². The molecule has 2 aromatic rings. The molecule has 149 valence electrons. The van der Waals surface area contributed by atoms with Crippen LogP contribution in [0.1, 0.15) is 0 Å². The van der Waals surface area contributed by atoms with E-state index in [4.69, 9.17) is 4.65 Å². The van der Waals surface area contributed by atoms with Crippen LogP contribution in [0.4, 0.5) is 0 Å². The van der Waals surface area contributed by atoms with Gasteiger partial charge in [-0.15, -0.1) is 0 Å². The van der Waals surface area contributed by atoms with Crippen molar-refractivity contribution in [3.63, 3.8) is 0 Å². The molecular weight excluding hydrogens is 671 g/mol. The minimum absolute atomic E-state index is 0. The van der Waals surface area contributed by atoms with Crippen LogP contribution in [0.2, 0.25) is 45.7 Å². The summed E-state index contributed by atoms with van der Waals surface area (Å²) in [5, 5.41) is 0. The monoisotopic (exact) mass is 703 g/mol. The average molecular weight is 703 g/mol. The first-order chi connectivity index (χ1) is 12.3. The zero-order valence-corrected chi connectivity index (χ0v) is 26.8. The Kier molecular flexibility index (Phi) is 18.8. The summed E-state index contributed by atoms with van der Waals surface area (Å²) in [6.07, 6.45) is 0. The average Bonchev–Trinajstić information content (AvgIpc) is 2.63. The first kappa shape index (κ1) is 30.2. The first-order valence-corrected chi connectivity index (χ1v) is 27.1. The Labute approximate surface area is 199 Å². The predicted octanol–water partition coefficient (Wildman–Crippen LogP) is 3.18. The molecule has 0 saturated carbocycles. The van der Waals surface area contributed by atoms with Gasteiger partial charge in [-0.1, -0.05) is 0 Å². The van der Waals surface area contributed by atoms with Crippen molar-refractivity contribution < 1.29 is 24.1 Å². The van der Waals surface area contributed by atoms with Crippen molar-refractivity contribution in [2.75, 3.05) is 0 Å². The molecule has 6 heteroatoms. The van der Waals surface area contributed by atoms with E-state index in [-0.39, 0.29) is 19.5 Å². The van der Waals surface area contributed by atoms with Crippen LogP contribution >= 0.6 is 0 Å². The summed E-state index contributed by atoms with van der Waals surface area (Å²) in [5.74, 6) is 0. The van der Waals surface area contributed by atoms with Gasteiger partial charge in [-0.25, -0.2) is 0 Å². The number of benzene rings is 2. The molecule has 0 heterocycles. The van der Waals surface area contributed by atoms with Crippen molar-refractivity contribution in [3.05, 3.63) is 55.2 Å². The third-order valence-corrected chi connectivity index (χ3v) is 16.7. The van der Waals surface area contributed by atoms with Gasteiger partial charge in [0.1, 0.15) is 0 Å². The number of rotatable bonds is 4. The van der Waals surface area contributed by atoms with Gasteiger partial charge in [-0.2, -0.15) is 0 Å². The van der Waals surface area contributed by atoms with Crippen molar-refractivity contribution in [1.82, 2.24) is 0 Å². The molecule has 1 nitrogen and oxygen atoms in total. The second kappa shape index (κ2) is 16.8. The molecule has 0 unspecified atom stereocenters. The van der Waals surface area contributed by atoms with Gasteiger partial charge in [0.15, 0.2) is 0 Å². The van der Waals surface area contributed by atoms with Gasteiger partial charge in [-0.3, -0.25) is 0 Å². The van der Waals surface area contributed by atoms with E-state index in [0.29, 0.717) is 0 Å². The van der Waals surface area contributed by atoms with Crippen LogP contribution < -0.4 is 17.4 Å². The summed E-state index contributed by atoms with van der Waals surface area (Å²) in [6, 6.07) is 18.1. The molecule has 0 aromatic heterocycles. The van der Waals surface area contributed by atoms with Gasteiger partial charge in [-0.05, 0) is 0 Å². The fourth-order valence-electron chi connectivity index (χ4n) is 2.44. The number of hydrogen-bond acceptors (Lipinski definition) is 0. The molecule has 1 radical (unpaired) electrons. The minimum Gasteiger partial charge on any atom is 2.00 e. The van der Waals surface area contributed by atoms with E-state index in [1.807, 2.05) is 0 Å². The summed E-state index contributed by atoms with van der Waals surface area (Å²) in [5.41, 5.74) is 19.4. The predicted molar refractivity (Wildman–Crippen MR) is 125 cm³/mol. The standard InChI is InChI=1S/2C10H16As2.CO.Rh/c2*1-11(2)9-7-5-6-8-10(9)12(3)4;1-2;/h2*5-8H,1-4H3;;/q;;;+2. The molecule has 0 spiro atoms. The van der Waals surface area contributed by atoms with E-state index in [1.54, 1.807) is 17.4 Å². The molecule has 0 bridgehead atoms. The van der Waals surface area contributed by atoms with E-state index in [0.717, 1.165) is 0 Å². The van der Waals surface area contributed by atoms with E-state index < -0.39 is 58.6 Å². The van der Waals surface area contributed by atoms with Crippen LogP contribution in [0.15, 0.2) is 48.5 Å². The zero-order chi connectivity index (χ0) is 20.3. The first-order valence-electron chi connectivity index (χ1n) is 8.33. The zero-order valence-electron chi connectivity index (χ0n) is 17.6. The third kappa shape index (κ3) is 11.1. The smallest absolute Gasteiger partial charge is 2.00 e. The van der Waals surface area contributed by atoms with Gasteiger partial charge in [0.05, 0.1) is 0 Å². The molecule has 0 aliphatic heterocycles. The van der Waals surface area contributed by atoms with Crippen molar-refractivity contribution >= 4 is 76.0 Å². The second-order valence-electron chi connectivity index (χ2n) is 6.56. The van der Waals surface area contributed by atoms with E-state index >= 15 is 0 Å². The quantitative estimate of drug-likeness (QED) is 0.265. The van der Waals surface area contributed by atoms with Crippen LogP contribution in [0.3, 0.4) is 0 Å². The Morgan fingerprint density at radius 3 is 0.741 bits per heavy atom. The van der Waals surface area contributed by atoms with E-state index in [2.05, 4.69) is 101 Å². The summed E-state index contributed by atoms with van der Waals surface area (Å²) >= 11 is -2.60. The summed E-state index contributed by atoms with van der Waals surface area (Å²) in [4.78, 5) is 0. The minimum atomic E-state index is -0.651. The van der Waals surface area contributed by atoms with E-state index in [9.17, 15) is 0 Å². The van der Waals surface area contributed by atoms with Crippen molar-refractivity contribution in [1.29, 1.82) is 0 Å². The van der Waals surface area contributed by atoms with Gasteiger partial charge in [0.2, 0.25) is 0 Å². The molecule has 0 saturated heterocycles. The molecule has 0 amide bonds. The molecule has 0 atom stereocenters. The fraction of sp³-hybridized carbons (Fsp3) is 0.381. The molecular formula is C21H32As4ORh+2. The van der Waals surface area contributed by atoms with Crippen molar-refractivity contribution in [2.45, 2.75) is 45.7 Å². The molecule has 27 heavy (non-hydrogen) atoms. The van der Waals surface area contributed by atoms with Crippen LogP contribution in [0.25, 0.3) is 0 Å². The maximum Gasteiger partial charge on any atom is 2.00 e. The topological polar surface area (TPSA) is 19.9 Å². The van der Waals surface area contributed by atoms with Gasteiger partial charge >= 0.3 is 201 Å². The Hall–Kier alpha value is 1.04. The molecule has 0 aliphatic carbocycles. The molecule has 0 fully saturated rings. The summed E-state index contributed by atoms with van der Waals surface area (Å²) < 4.78 is 14.3. The molecule has 0 aliphatic rings. The maximum atomic E-state index is 7.50. The Morgan fingerprint density at radius 2 is 0.630 bits per heavy atom. The molecule has 2 rings (SSSR count). The Bertz CT molecular complexity index is 560. The fourth-order valence-corrected chi connectivity index (χ4v) is 18.9. The van der Waals surface area contributed by atoms with E-state index in [1.165, 1.54) is 0 Å². The van der Waals surface area contributed by atoms with Crippen molar-refractivity contribution in [3.8, 4) is 0 Å². The van der Waals surface area contributed by atoms with Gasteiger partial charge in [0, 0.05) is 0 Å². The van der Waals surface area contributed by atoms with Crippen LogP contribution in [-0.4, -0.2) is 58.6 Å². The summed E-state index contributed by atoms with van der Waals surface area (Å²) in [7, 11) is 0. The second-order valence-corrected chi connectivity index (χ2v) is 25.6. The van der Waals surface area contributed by atoms with Crippen LogP contribution in [0, 0.1) is 6.65 Å². The SMILES string of the molecule is C[As](C)c1ccccc1[As](C)C.C[As](C)c1ccccc1[As](C)C.[C-]#[O+].[Rh+2]. The molecule has 2 aromatic carbocycles. The maximum absolute atomic E-state index is 7.50.